The molecular weight excluding hydrogens is 298 g/mol. The fourth-order valence-corrected chi connectivity index (χ4v) is 3.32. The fourth-order valence-electron chi connectivity index (χ4n) is 2.44. The van der Waals surface area contributed by atoms with Gasteiger partial charge >= 0.3 is 0 Å². The molecule has 0 aliphatic rings. The monoisotopic (exact) mass is 315 g/mol. The van der Waals surface area contributed by atoms with E-state index >= 15 is 0 Å². The lowest BCUT2D eigenvalue weighted by molar-refractivity contribution is 0.185. The van der Waals surface area contributed by atoms with Gasteiger partial charge in [0.15, 0.2) is 0 Å². The molecule has 1 unspecified atom stereocenters. The highest BCUT2D eigenvalue weighted by molar-refractivity contribution is 7.17. The van der Waals surface area contributed by atoms with Crippen LogP contribution in [0, 0.1) is 6.92 Å². The molecule has 0 aliphatic carbocycles. The zero-order valence-electron chi connectivity index (χ0n) is 12.4. The normalized spacial score (nSPS) is 12.5. The highest BCUT2D eigenvalue weighted by atomic mass is 32.1. The summed E-state index contributed by atoms with van der Waals surface area (Å²) >= 11 is 1.59. The van der Waals surface area contributed by atoms with Crippen molar-refractivity contribution < 1.29 is 10.2 Å². The summed E-state index contributed by atoms with van der Waals surface area (Å²) in [6.45, 7) is 2.45. The minimum atomic E-state index is -0.658. The Balaban J connectivity index is 1.85. The van der Waals surface area contributed by atoms with Crippen molar-refractivity contribution in [1.29, 1.82) is 0 Å². The molecule has 0 saturated carbocycles. The van der Waals surface area contributed by atoms with E-state index in [0.29, 0.717) is 6.54 Å². The maximum absolute atomic E-state index is 10.4. The molecule has 6 heteroatoms. The summed E-state index contributed by atoms with van der Waals surface area (Å²) in [7, 11) is 1.91. The number of rotatable bonds is 4. The molecule has 0 amide bonds. The van der Waals surface area contributed by atoms with Crippen LogP contribution in [0.25, 0.3) is 10.2 Å². The molecule has 5 nitrogen and oxygen atoms in total. The van der Waals surface area contributed by atoms with Gasteiger partial charge in [0.05, 0.1) is 11.5 Å². The zero-order chi connectivity index (χ0) is 15.7. The standard InChI is InChI=1S/C16H17N3O2S/c1-10-8-22-16-14(10)15(17-9-18-16)19(2)7-13(21)11-3-5-12(20)6-4-11/h3-6,8-9,13,20-21H,7H2,1-2H3. The molecule has 114 valence electrons. The average molecular weight is 315 g/mol. The summed E-state index contributed by atoms with van der Waals surface area (Å²) in [5.41, 5.74) is 1.90. The first kappa shape index (κ1) is 14.7. The summed E-state index contributed by atoms with van der Waals surface area (Å²) in [4.78, 5) is 11.5. The van der Waals surface area contributed by atoms with Crippen LogP contribution in [0.5, 0.6) is 5.75 Å². The number of aromatic nitrogens is 2. The largest absolute Gasteiger partial charge is 0.508 e. The van der Waals surface area contributed by atoms with Crippen LogP contribution in [0.2, 0.25) is 0 Å². The van der Waals surface area contributed by atoms with Crippen LogP contribution in [-0.4, -0.2) is 33.8 Å². The van der Waals surface area contributed by atoms with Crippen molar-refractivity contribution in [2.45, 2.75) is 13.0 Å². The van der Waals surface area contributed by atoms with Crippen LogP contribution in [-0.2, 0) is 0 Å². The minimum absolute atomic E-state index is 0.190. The summed E-state index contributed by atoms with van der Waals surface area (Å²) < 4.78 is 0. The smallest absolute Gasteiger partial charge is 0.140 e. The number of anilines is 1. The molecule has 0 spiro atoms. The molecule has 3 aromatic rings. The van der Waals surface area contributed by atoms with Gasteiger partial charge in [-0.2, -0.15) is 0 Å². The van der Waals surface area contributed by atoms with Gasteiger partial charge in [-0.25, -0.2) is 9.97 Å². The number of nitrogens with zero attached hydrogens (tertiary/aromatic N) is 3. The molecule has 2 N–H and O–H groups in total. The van der Waals surface area contributed by atoms with Crippen molar-refractivity contribution in [3.63, 3.8) is 0 Å². The second kappa shape index (κ2) is 5.90. The molecule has 3 rings (SSSR count). The van der Waals surface area contributed by atoms with Crippen molar-refractivity contribution in [2.24, 2.45) is 0 Å². The lowest BCUT2D eigenvalue weighted by Crippen LogP contribution is -2.25. The van der Waals surface area contributed by atoms with Gasteiger partial charge in [0.25, 0.3) is 0 Å². The molecule has 2 aromatic heterocycles. The Morgan fingerprint density at radius 2 is 1.95 bits per heavy atom. The molecule has 22 heavy (non-hydrogen) atoms. The second-order valence-corrected chi connectivity index (χ2v) is 6.14. The Kier molecular flexibility index (Phi) is 3.96. The lowest BCUT2D eigenvalue weighted by atomic mass is 10.1. The second-order valence-electron chi connectivity index (χ2n) is 5.28. The van der Waals surface area contributed by atoms with Crippen LogP contribution in [0.4, 0.5) is 5.82 Å². The molecule has 0 saturated heterocycles. The number of likely N-dealkylation sites (N-methyl/N-ethyl adjacent to an activating group) is 1. The first-order chi connectivity index (χ1) is 10.6. The van der Waals surface area contributed by atoms with Crippen LogP contribution in [0.1, 0.15) is 17.2 Å². The topological polar surface area (TPSA) is 69.5 Å². The Hall–Kier alpha value is -2.18. The molecule has 1 aromatic carbocycles. The van der Waals surface area contributed by atoms with Gasteiger partial charge in [-0.1, -0.05) is 12.1 Å². The number of aliphatic hydroxyl groups is 1. The average Bonchev–Trinajstić information content (AvgIpc) is 2.89. The molecule has 0 bridgehead atoms. The predicted octanol–water partition coefficient (Wildman–Crippen LogP) is 2.88. The summed E-state index contributed by atoms with van der Waals surface area (Å²) in [6, 6.07) is 6.59. The van der Waals surface area contributed by atoms with Crippen molar-refractivity contribution >= 4 is 27.4 Å². The maximum Gasteiger partial charge on any atom is 0.140 e. The number of benzene rings is 1. The Bertz CT molecular complexity index is 786. The summed E-state index contributed by atoms with van der Waals surface area (Å²) in [5.74, 6) is 1.01. The van der Waals surface area contributed by atoms with Crippen molar-refractivity contribution in [3.8, 4) is 5.75 Å². The Morgan fingerprint density at radius 3 is 2.68 bits per heavy atom. The molecule has 1 atom stereocenters. The third-order valence-corrected chi connectivity index (χ3v) is 4.62. The van der Waals surface area contributed by atoms with Crippen LogP contribution < -0.4 is 4.90 Å². The number of thiophene rings is 1. The summed E-state index contributed by atoms with van der Waals surface area (Å²) in [5, 5.41) is 22.8. The van der Waals surface area contributed by atoms with E-state index in [1.807, 2.05) is 18.9 Å². The van der Waals surface area contributed by atoms with E-state index in [0.717, 1.165) is 27.2 Å². The van der Waals surface area contributed by atoms with Gasteiger partial charge in [0, 0.05) is 13.6 Å². The quantitative estimate of drug-likeness (QED) is 0.775. The van der Waals surface area contributed by atoms with Gasteiger partial charge in [0.2, 0.25) is 0 Å². The van der Waals surface area contributed by atoms with E-state index in [1.165, 1.54) is 0 Å². The van der Waals surface area contributed by atoms with Crippen molar-refractivity contribution in [3.05, 3.63) is 47.1 Å². The van der Waals surface area contributed by atoms with Gasteiger partial charge in [-0.15, -0.1) is 11.3 Å². The van der Waals surface area contributed by atoms with Gasteiger partial charge in [-0.3, -0.25) is 0 Å². The van der Waals surface area contributed by atoms with E-state index in [1.54, 1.807) is 41.9 Å². The van der Waals surface area contributed by atoms with E-state index in [2.05, 4.69) is 15.3 Å². The molecular formula is C16H17N3O2S. The van der Waals surface area contributed by atoms with Crippen LogP contribution >= 0.6 is 11.3 Å². The molecule has 0 fully saturated rings. The van der Waals surface area contributed by atoms with Crippen molar-refractivity contribution in [2.75, 3.05) is 18.5 Å². The molecule has 2 heterocycles. The highest BCUT2D eigenvalue weighted by Gasteiger charge is 2.16. The highest BCUT2D eigenvalue weighted by Crippen LogP contribution is 2.31. The summed E-state index contributed by atoms with van der Waals surface area (Å²) in [6.07, 6.45) is 0.895. The third-order valence-electron chi connectivity index (χ3n) is 3.62. The minimum Gasteiger partial charge on any atom is -0.508 e. The number of phenolic OH excluding ortho intramolecular Hbond substituents is 1. The number of aromatic hydroxyl groups is 1. The first-order valence-electron chi connectivity index (χ1n) is 6.93. The van der Waals surface area contributed by atoms with E-state index in [4.69, 9.17) is 0 Å². The van der Waals surface area contributed by atoms with Gasteiger partial charge < -0.3 is 15.1 Å². The van der Waals surface area contributed by atoms with Crippen LogP contribution in [0.3, 0.4) is 0 Å². The number of aliphatic hydroxyl groups excluding tert-OH is 1. The van der Waals surface area contributed by atoms with E-state index < -0.39 is 6.10 Å². The predicted molar refractivity (Wildman–Crippen MR) is 88.5 cm³/mol. The maximum atomic E-state index is 10.4. The number of fused-ring (bicyclic) bond motifs is 1. The Morgan fingerprint density at radius 1 is 1.23 bits per heavy atom. The van der Waals surface area contributed by atoms with E-state index in [-0.39, 0.29) is 5.75 Å². The number of phenols is 1. The SMILES string of the molecule is Cc1csc2ncnc(N(C)CC(O)c3ccc(O)cc3)c12. The lowest BCUT2D eigenvalue weighted by Gasteiger charge is -2.22. The van der Waals surface area contributed by atoms with Crippen LogP contribution in [0.15, 0.2) is 36.0 Å². The Labute approximate surface area is 132 Å². The van der Waals surface area contributed by atoms with E-state index in [9.17, 15) is 10.2 Å². The fraction of sp³-hybridized carbons (Fsp3) is 0.250. The molecule has 0 radical (unpaired) electrons. The number of hydrogen-bond donors (Lipinski definition) is 2. The van der Waals surface area contributed by atoms with Gasteiger partial charge in [0.1, 0.15) is 22.7 Å². The zero-order valence-corrected chi connectivity index (χ0v) is 13.2. The van der Waals surface area contributed by atoms with Gasteiger partial charge in [-0.05, 0) is 35.6 Å². The number of hydrogen-bond acceptors (Lipinski definition) is 6. The first-order valence-corrected chi connectivity index (χ1v) is 7.81. The van der Waals surface area contributed by atoms with Crippen molar-refractivity contribution in [1.82, 2.24) is 9.97 Å². The molecule has 0 aliphatic heterocycles. The third kappa shape index (κ3) is 2.75. The number of aryl methyl sites for hydroxylation is 1.